The highest BCUT2D eigenvalue weighted by molar-refractivity contribution is 5.96. The van der Waals surface area contributed by atoms with Crippen LogP contribution in [0.25, 0.3) is 0 Å². The molecule has 1 aromatic heterocycles. The van der Waals surface area contributed by atoms with Crippen LogP contribution in [-0.4, -0.2) is 32.5 Å². The summed E-state index contributed by atoms with van der Waals surface area (Å²) in [4.78, 5) is 33.5. The number of nitrogens with one attached hydrogen (secondary N) is 1. The molecule has 1 aromatic rings. The van der Waals surface area contributed by atoms with E-state index in [2.05, 4.69) is 5.32 Å². The molecule has 1 heterocycles. The van der Waals surface area contributed by atoms with E-state index < -0.39 is 22.8 Å². The molecule has 1 atom stereocenters. The second-order valence-electron chi connectivity index (χ2n) is 5.38. The first-order valence-corrected chi connectivity index (χ1v) is 6.55. The fourth-order valence-electron chi connectivity index (χ4n) is 1.90. The van der Waals surface area contributed by atoms with Crippen molar-refractivity contribution in [2.45, 2.75) is 39.8 Å². The summed E-state index contributed by atoms with van der Waals surface area (Å²) in [6, 6.07) is -0.0666. The van der Waals surface area contributed by atoms with Gasteiger partial charge in [-0.2, -0.15) is 0 Å². The lowest BCUT2D eigenvalue weighted by molar-refractivity contribution is -0.384. The number of nitro groups is 1. The predicted molar refractivity (Wildman–Crippen MR) is 75.2 cm³/mol. The minimum absolute atomic E-state index is 0.0728. The van der Waals surface area contributed by atoms with Crippen molar-refractivity contribution in [3.05, 3.63) is 28.1 Å². The van der Waals surface area contributed by atoms with E-state index in [0.717, 1.165) is 6.07 Å². The highest BCUT2D eigenvalue weighted by Crippen LogP contribution is 2.21. The van der Waals surface area contributed by atoms with Crippen LogP contribution in [0.5, 0.6) is 0 Å². The summed E-state index contributed by atoms with van der Waals surface area (Å²) < 4.78 is 1.45. The molecule has 1 rings (SSSR count). The third-order valence-electron chi connectivity index (χ3n) is 3.05. The molecule has 21 heavy (non-hydrogen) atoms. The van der Waals surface area contributed by atoms with Gasteiger partial charge in [-0.3, -0.25) is 14.9 Å². The first kappa shape index (κ1) is 16.7. The minimum Gasteiger partial charge on any atom is -0.480 e. The summed E-state index contributed by atoms with van der Waals surface area (Å²) in [5.74, 6) is -2.09. The van der Waals surface area contributed by atoms with Gasteiger partial charge in [-0.1, -0.05) is 13.8 Å². The molecule has 0 aliphatic heterocycles. The van der Waals surface area contributed by atoms with Crippen molar-refractivity contribution < 1.29 is 19.6 Å². The second-order valence-corrected chi connectivity index (χ2v) is 5.38. The lowest BCUT2D eigenvalue weighted by Gasteiger charge is -2.19. The van der Waals surface area contributed by atoms with E-state index in [0.29, 0.717) is 0 Å². The van der Waals surface area contributed by atoms with Crippen molar-refractivity contribution in [3.63, 3.8) is 0 Å². The molecule has 0 saturated carbocycles. The quantitative estimate of drug-likeness (QED) is 0.614. The topological polar surface area (TPSA) is 114 Å². The van der Waals surface area contributed by atoms with Crippen molar-refractivity contribution in [1.82, 2.24) is 9.88 Å². The van der Waals surface area contributed by atoms with E-state index in [4.69, 9.17) is 5.11 Å². The van der Waals surface area contributed by atoms with Gasteiger partial charge < -0.3 is 15.0 Å². The van der Waals surface area contributed by atoms with Crippen LogP contribution in [0.3, 0.4) is 0 Å². The first-order chi connectivity index (χ1) is 9.65. The van der Waals surface area contributed by atoms with Gasteiger partial charge in [0.1, 0.15) is 11.7 Å². The van der Waals surface area contributed by atoms with E-state index in [-0.39, 0.29) is 23.3 Å². The summed E-state index contributed by atoms with van der Waals surface area (Å²) in [5.41, 5.74) is -0.131. The van der Waals surface area contributed by atoms with E-state index in [1.165, 1.54) is 10.8 Å². The molecule has 0 spiro atoms. The van der Waals surface area contributed by atoms with Crippen LogP contribution in [0.1, 0.15) is 44.2 Å². The minimum atomic E-state index is -1.14. The molecule has 0 radical (unpaired) electrons. The average Bonchev–Trinajstić information content (AvgIpc) is 2.80. The number of carbonyl (C=O) groups is 2. The Labute approximate surface area is 121 Å². The van der Waals surface area contributed by atoms with Gasteiger partial charge in [0.05, 0.1) is 11.1 Å². The summed E-state index contributed by atoms with van der Waals surface area (Å²) in [6.45, 7) is 6.89. The van der Waals surface area contributed by atoms with Crippen LogP contribution in [0, 0.1) is 16.0 Å². The number of hydrogen-bond donors (Lipinski definition) is 2. The SMILES string of the molecule is CC(C)[C@H](NC(=O)c1cc([N+](=O)[O-])cn1C(C)C)C(=O)O. The van der Waals surface area contributed by atoms with Crippen molar-refractivity contribution in [2.75, 3.05) is 0 Å². The zero-order chi connectivity index (χ0) is 16.3. The van der Waals surface area contributed by atoms with Crippen LogP contribution in [0.4, 0.5) is 5.69 Å². The Hall–Kier alpha value is -2.38. The first-order valence-electron chi connectivity index (χ1n) is 6.55. The Bertz CT molecular complexity index is 562. The molecule has 0 bridgehead atoms. The maximum Gasteiger partial charge on any atom is 0.326 e. The molecule has 116 valence electrons. The van der Waals surface area contributed by atoms with Gasteiger partial charge in [0, 0.05) is 12.1 Å². The van der Waals surface area contributed by atoms with E-state index in [1.807, 2.05) is 0 Å². The monoisotopic (exact) mass is 297 g/mol. The highest BCUT2D eigenvalue weighted by atomic mass is 16.6. The van der Waals surface area contributed by atoms with Crippen LogP contribution < -0.4 is 5.32 Å². The van der Waals surface area contributed by atoms with Crippen LogP contribution in [0.2, 0.25) is 0 Å². The lowest BCUT2D eigenvalue weighted by Crippen LogP contribution is -2.44. The molecule has 1 amide bonds. The van der Waals surface area contributed by atoms with E-state index >= 15 is 0 Å². The number of carboxylic acid groups (broad SMARTS) is 1. The average molecular weight is 297 g/mol. The Morgan fingerprint density at radius 2 is 1.90 bits per heavy atom. The highest BCUT2D eigenvalue weighted by Gasteiger charge is 2.27. The smallest absolute Gasteiger partial charge is 0.326 e. The molecule has 0 aliphatic rings. The maximum absolute atomic E-state index is 12.2. The zero-order valence-electron chi connectivity index (χ0n) is 12.4. The number of aliphatic carboxylic acids is 1. The lowest BCUT2D eigenvalue weighted by atomic mass is 10.0. The van der Waals surface area contributed by atoms with Crippen molar-refractivity contribution in [2.24, 2.45) is 5.92 Å². The zero-order valence-corrected chi connectivity index (χ0v) is 12.4. The molecular weight excluding hydrogens is 278 g/mol. The number of nitrogens with zero attached hydrogens (tertiary/aromatic N) is 2. The molecule has 8 heteroatoms. The van der Waals surface area contributed by atoms with Gasteiger partial charge in [0.15, 0.2) is 0 Å². The largest absolute Gasteiger partial charge is 0.480 e. The number of amides is 1. The maximum atomic E-state index is 12.2. The molecule has 0 saturated heterocycles. The molecule has 0 unspecified atom stereocenters. The normalized spacial score (nSPS) is 12.5. The van der Waals surface area contributed by atoms with Gasteiger partial charge in [-0.05, 0) is 19.8 Å². The van der Waals surface area contributed by atoms with Gasteiger partial charge >= 0.3 is 5.97 Å². The van der Waals surface area contributed by atoms with Crippen molar-refractivity contribution >= 4 is 17.6 Å². The fourth-order valence-corrected chi connectivity index (χ4v) is 1.90. The number of rotatable bonds is 6. The standard InChI is InChI=1S/C13H19N3O5/c1-7(2)11(13(18)19)14-12(17)10-5-9(16(20)21)6-15(10)8(3)4/h5-8,11H,1-4H3,(H,14,17)(H,18,19)/t11-/m0/s1. The fraction of sp³-hybridized carbons (Fsp3) is 0.538. The third-order valence-corrected chi connectivity index (χ3v) is 3.05. The number of carbonyl (C=O) groups excluding carboxylic acids is 1. The third kappa shape index (κ3) is 3.80. The van der Waals surface area contributed by atoms with Crippen molar-refractivity contribution in [1.29, 1.82) is 0 Å². The molecular formula is C13H19N3O5. The molecule has 0 aliphatic carbocycles. The summed E-state index contributed by atoms with van der Waals surface area (Å²) in [5, 5.41) is 22.3. The van der Waals surface area contributed by atoms with Crippen LogP contribution in [0.15, 0.2) is 12.3 Å². The predicted octanol–water partition coefficient (Wildman–Crippen LogP) is 1.82. The summed E-state index contributed by atoms with van der Waals surface area (Å²) >= 11 is 0. The number of hydrogen-bond acceptors (Lipinski definition) is 4. The molecule has 0 aromatic carbocycles. The Morgan fingerprint density at radius 1 is 1.33 bits per heavy atom. The summed E-state index contributed by atoms with van der Waals surface area (Å²) in [7, 11) is 0. The Kier molecular flexibility index (Phi) is 5.07. The van der Waals surface area contributed by atoms with Crippen LogP contribution in [-0.2, 0) is 4.79 Å². The molecule has 0 fully saturated rings. The van der Waals surface area contributed by atoms with Gasteiger partial charge in [0.25, 0.3) is 11.6 Å². The van der Waals surface area contributed by atoms with Gasteiger partial charge in [-0.25, -0.2) is 4.79 Å². The van der Waals surface area contributed by atoms with Gasteiger partial charge in [-0.15, -0.1) is 0 Å². The molecule has 8 nitrogen and oxygen atoms in total. The number of carboxylic acids is 1. The van der Waals surface area contributed by atoms with Crippen LogP contribution >= 0.6 is 0 Å². The van der Waals surface area contributed by atoms with E-state index in [9.17, 15) is 19.7 Å². The summed E-state index contributed by atoms with van der Waals surface area (Å²) in [6.07, 6.45) is 1.27. The molecule has 2 N–H and O–H groups in total. The Morgan fingerprint density at radius 3 is 2.29 bits per heavy atom. The number of aromatic nitrogens is 1. The van der Waals surface area contributed by atoms with Gasteiger partial charge in [0.2, 0.25) is 0 Å². The van der Waals surface area contributed by atoms with Crippen molar-refractivity contribution in [3.8, 4) is 0 Å². The Balaban J connectivity index is 3.11. The second kappa shape index (κ2) is 6.38. The van der Waals surface area contributed by atoms with E-state index in [1.54, 1.807) is 27.7 Å².